The summed E-state index contributed by atoms with van der Waals surface area (Å²) < 4.78 is 2.08. The molecule has 0 atom stereocenters. The van der Waals surface area contributed by atoms with Crippen LogP contribution >= 0.6 is 11.8 Å². The molecule has 1 aliphatic rings. The Morgan fingerprint density at radius 2 is 1.66 bits per heavy atom. The van der Waals surface area contributed by atoms with Crippen molar-refractivity contribution in [2.45, 2.75) is 50.7 Å². The van der Waals surface area contributed by atoms with Gasteiger partial charge in [-0.25, -0.2) is 0 Å². The Bertz CT molecular complexity index is 1160. The molecule has 0 spiro atoms. The van der Waals surface area contributed by atoms with Crippen LogP contribution in [0, 0.1) is 5.92 Å². The molecule has 1 aromatic heterocycles. The van der Waals surface area contributed by atoms with Gasteiger partial charge in [-0.3, -0.25) is 14.2 Å². The molecule has 1 saturated heterocycles. The smallest absolute Gasteiger partial charge is 0.233 e. The minimum Gasteiger partial charge on any atom is -0.369 e. The minimum absolute atomic E-state index is 0.0447. The van der Waals surface area contributed by atoms with Gasteiger partial charge in [0.2, 0.25) is 11.8 Å². The van der Waals surface area contributed by atoms with Crippen LogP contribution < -0.4 is 5.73 Å². The molecule has 0 bridgehead atoms. The van der Waals surface area contributed by atoms with Crippen molar-refractivity contribution in [2.75, 3.05) is 18.8 Å². The summed E-state index contributed by atoms with van der Waals surface area (Å²) in [5, 5.41) is 9.68. The minimum atomic E-state index is -0.274. The standard InChI is InChI=1S/C27H33N5O2S/c1-27(2,3)22-11-9-21(10-12-22)25-29-30-26(32(25)17-19-7-5-4-6-8-19)35-18-23(33)31-15-13-20(14-16-31)24(28)34/h4-12,20H,13-18H2,1-3H3,(H2,28,34). The van der Waals surface area contributed by atoms with E-state index in [-0.39, 0.29) is 28.9 Å². The number of amides is 2. The molecule has 8 heteroatoms. The first kappa shape index (κ1) is 25.0. The Morgan fingerprint density at radius 1 is 1.00 bits per heavy atom. The number of rotatable bonds is 7. The third-order valence-corrected chi connectivity index (χ3v) is 7.44. The number of piperidine rings is 1. The lowest BCUT2D eigenvalue weighted by Gasteiger charge is -2.30. The maximum atomic E-state index is 12.9. The number of carbonyl (C=O) groups excluding carboxylic acids is 2. The predicted molar refractivity (Wildman–Crippen MR) is 139 cm³/mol. The van der Waals surface area contributed by atoms with Crippen LogP contribution in [-0.2, 0) is 21.5 Å². The van der Waals surface area contributed by atoms with E-state index in [2.05, 4.69) is 71.9 Å². The summed E-state index contributed by atoms with van der Waals surface area (Å²) in [5.74, 6) is 0.697. The lowest BCUT2D eigenvalue weighted by Crippen LogP contribution is -2.42. The van der Waals surface area contributed by atoms with Crippen molar-refractivity contribution in [3.63, 3.8) is 0 Å². The van der Waals surface area contributed by atoms with Crippen LogP contribution in [0.15, 0.2) is 59.8 Å². The van der Waals surface area contributed by atoms with Gasteiger partial charge in [0.1, 0.15) is 0 Å². The van der Waals surface area contributed by atoms with E-state index in [0.29, 0.717) is 37.6 Å². The van der Waals surface area contributed by atoms with Gasteiger partial charge in [0.15, 0.2) is 11.0 Å². The van der Waals surface area contributed by atoms with Crippen molar-refractivity contribution in [3.8, 4) is 11.4 Å². The lowest BCUT2D eigenvalue weighted by molar-refractivity contribution is -0.132. The van der Waals surface area contributed by atoms with E-state index in [1.807, 2.05) is 23.1 Å². The first-order chi connectivity index (χ1) is 16.7. The highest BCUT2D eigenvalue weighted by molar-refractivity contribution is 7.99. The molecule has 4 rings (SSSR count). The normalized spacial score (nSPS) is 14.8. The van der Waals surface area contributed by atoms with Gasteiger partial charge in [-0.15, -0.1) is 10.2 Å². The van der Waals surface area contributed by atoms with Crippen LogP contribution in [0.3, 0.4) is 0 Å². The second kappa shape index (κ2) is 10.6. The summed E-state index contributed by atoms with van der Waals surface area (Å²) in [4.78, 5) is 26.1. The molecule has 7 nitrogen and oxygen atoms in total. The quantitative estimate of drug-likeness (QED) is 0.502. The summed E-state index contributed by atoms with van der Waals surface area (Å²) in [5.41, 5.74) is 8.89. The number of primary amides is 1. The van der Waals surface area contributed by atoms with Crippen LogP contribution in [0.1, 0.15) is 44.7 Å². The molecule has 3 aromatic rings. The Hall–Kier alpha value is -3.13. The van der Waals surface area contributed by atoms with Crippen LogP contribution in [0.2, 0.25) is 0 Å². The number of carbonyl (C=O) groups is 2. The molecule has 2 aromatic carbocycles. The van der Waals surface area contributed by atoms with Crippen molar-refractivity contribution < 1.29 is 9.59 Å². The second-order valence-corrected chi connectivity index (χ2v) is 11.0. The average molecular weight is 492 g/mol. The van der Waals surface area contributed by atoms with E-state index in [1.165, 1.54) is 17.3 Å². The number of nitrogens with two attached hydrogens (primary N) is 1. The number of likely N-dealkylation sites (tertiary alicyclic amines) is 1. The third-order valence-electron chi connectivity index (χ3n) is 6.48. The Morgan fingerprint density at radius 3 is 2.26 bits per heavy atom. The van der Waals surface area contributed by atoms with E-state index in [1.54, 1.807) is 0 Å². The van der Waals surface area contributed by atoms with Gasteiger partial charge >= 0.3 is 0 Å². The van der Waals surface area contributed by atoms with E-state index < -0.39 is 0 Å². The molecule has 0 aliphatic carbocycles. The fourth-order valence-corrected chi connectivity index (χ4v) is 5.11. The first-order valence-electron chi connectivity index (χ1n) is 12.0. The Kier molecular flexibility index (Phi) is 7.60. The van der Waals surface area contributed by atoms with Crippen molar-refractivity contribution in [1.29, 1.82) is 0 Å². The van der Waals surface area contributed by atoms with Gasteiger partial charge in [0.25, 0.3) is 0 Å². The van der Waals surface area contributed by atoms with E-state index in [9.17, 15) is 9.59 Å². The molecular formula is C27H33N5O2S. The number of nitrogens with zero attached hydrogens (tertiary/aromatic N) is 4. The number of benzene rings is 2. The van der Waals surface area contributed by atoms with Crippen LogP contribution in [-0.4, -0.2) is 50.3 Å². The van der Waals surface area contributed by atoms with Gasteiger partial charge < -0.3 is 10.6 Å². The predicted octanol–water partition coefficient (Wildman–Crippen LogP) is 4.11. The number of hydrogen-bond donors (Lipinski definition) is 1. The van der Waals surface area contributed by atoms with Gasteiger partial charge in [-0.1, -0.05) is 87.1 Å². The van der Waals surface area contributed by atoms with Crippen LogP contribution in [0.5, 0.6) is 0 Å². The molecule has 1 aliphatic heterocycles. The zero-order valence-electron chi connectivity index (χ0n) is 20.6. The molecule has 35 heavy (non-hydrogen) atoms. The summed E-state index contributed by atoms with van der Waals surface area (Å²) in [6.45, 7) is 8.33. The van der Waals surface area contributed by atoms with Crippen molar-refractivity contribution in [3.05, 3.63) is 65.7 Å². The number of hydrogen-bond acceptors (Lipinski definition) is 5. The van der Waals surface area contributed by atoms with Gasteiger partial charge in [0, 0.05) is 24.6 Å². The highest BCUT2D eigenvalue weighted by Gasteiger charge is 2.26. The first-order valence-corrected chi connectivity index (χ1v) is 13.0. The van der Waals surface area contributed by atoms with E-state index >= 15 is 0 Å². The number of thioether (sulfide) groups is 1. The summed E-state index contributed by atoms with van der Waals surface area (Å²) in [6.07, 6.45) is 1.26. The molecular weight excluding hydrogens is 458 g/mol. The molecule has 184 valence electrons. The fraction of sp³-hybridized carbons (Fsp3) is 0.407. The number of aromatic nitrogens is 3. The van der Waals surface area contributed by atoms with Crippen LogP contribution in [0.4, 0.5) is 0 Å². The molecule has 2 amide bonds. The van der Waals surface area contributed by atoms with E-state index in [4.69, 9.17) is 5.73 Å². The van der Waals surface area contributed by atoms with Crippen molar-refractivity contribution in [2.24, 2.45) is 11.7 Å². The Labute approximate surface area is 211 Å². The zero-order valence-corrected chi connectivity index (χ0v) is 21.4. The second-order valence-electron chi connectivity index (χ2n) is 10.1. The van der Waals surface area contributed by atoms with E-state index in [0.717, 1.165) is 17.0 Å². The maximum Gasteiger partial charge on any atom is 0.233 e. The van der Waals surface area contributed by atoms with Gasteiger partial charge in [0.05, 0.1) is 12.3 Å². The van der Waals surface area contributed by atoms with Gasteiger partial charge in [-0.2, -0.15) is 0 Å². The Balaban J connectivity index is 1.52. The maximum absolute atomic E-state index is 12.9. The molecule has 0 radical (unpaired) electrons. The van der Waals surface area contributed by atoms with Crippen molar-refractivity contribution >= 4 is 23.6 Å². The molecule has 2 heterocycles. The molecule has 1 fully saturated rings. The SMILES string of the molecule is CC(C)(C)c1ccc(-c2nnc(SCC(=O)N3CCC(C(N)=O)CC3)n2Cc2ccccc2)cc1. The summed E-state index contributed by atoms with van der Waals surface area (Å²) in [7, 11) is 0. The fourth-order valence-electron chi connectivity index (χ4n) is 4.27. The summed E-state index contributed by atoms with van der Waals surface area (Å²) >= 11 is 1.40. The average Bonchev–Trinajstić information content (AvgIpc) is 3.25. The van der Waals surface area contributed by atoms with Crippen LogP contribution in [0.25, 0.3) is 11.4 Å². The molecule has 2 N–H and O–H groups in total. The third kappa shape index (κ3) is 6.11. The highest BCUT2D eigenvalue weighted by atomic mass is 32.2. The molecule has 0 unspecified atom stereocenters. The largest absolute Gasteiger partial charge is 0.369 e. The monoisotopic (exact) mass is 491 g/mol. The van der Waals surface area contributed by atoms with Crippen molar-refractivity contribution in [1.82, 2.24) is 19.7 Å². The topological polar surface area (TPSA) is 94.1 Å². The molecule has 0 saturated carbocycles. The highest BCUT2D eigenvalue weighted by Crippen LogP contribution is 2.29. The zero-order chi connectivity index (χ0) is 25.0. The van der Waals surface area contributed by atoms with Gasteiger partial charge in [-0.05, 0) is 29.4 Å². The summed E-state index contributed by atoms with van der Waals surface area (Å²) in [6, 6.07) is 18.7. The lowest BCUT2D eigenvalue weighted by atomic mass is 9.87.